The van der Waals surface area contributed by atoms with E-state index in [4.69, 9.17) is 5.11 Å². The summed E-state index contributed by atoms with van der Waals surface area (Å²) >= 11 is 0. The van der Waals surface area contributed by atoms with Gasteiger partial charge in [-0.2, -0.15) is 0 Å². The number of aliphatic hydroxyl groups is 1. The van der Waals surface area contributed by atoms with Crippen LogP contribution in [-0.2, 0) is 11.4 Å². The second-order valence-corrected chi connectivity index (χ2v) is 5.17. The van der Waals surface area contributed by atoms with Gasteiger partial charge < -0.3 is 15.7 Å². The Hall–Kier alpha value is -2.40. The number of benzene rings is 2. The molecular weight excluding hydrogens is 283 g/mol. The molecule has 3 N–H and O–H groups in total. The second kappa shape index (κ2) is 7.04. The highest BCUT2D eigenvalue weighted by Gasteiger charge is 2.14. The topological polar surface area (TPSA) is 61.4 Å². The lowest BCUT2D eigenvalue weighted by Crippen LogP contribution is -2.32. The summed E-state index contributed by atoms with van der Waals surface area (Å²) in [6.45, 7) is 3.46. The number of aliphatic hydroxyl groups excluding tert-OH is 1. The summed E-state index contributed by atoms with van der Waals surface area (Å²) in [6.07, 6.45) is 0. The lowest BCUT2D eigenvalue weighted by molar-refractivity contribution is -0.116. The van der Waals surface area contributed by atoms with Crippen molar-refractivity contribution < 1.29 is 14.3 Å². The number of halogens is 1. The molecule has 0 aliphatic rings. The summed E-state index contributed by atoms with van der Waals surface area (Å²) < 4.78 is 13.2. The predicted molar refractivity (Wildman–Crippen MR) is 85.2 cm³/mol. The smallest absolute Gasteiger partial charge is 0.246 e. The highest BCUT2D eigenvalue weighted by Crippen LogP contribution is 2.17. The third-order valence-corrected chi connectivity index (χ3v) is 3.34. The first-order chi connectivity index (χ1) is 10.5. The molecule has 0 spiro atoms. The minimum absolute atomic E-state index is 0.0570. The van der Waals surface area contributed by atoms with Gasteiger partial charge in [-0.25, -0.2) is 4.39 Å². The molecule has 0 fully saturated rings. The fourth-order valence-electron chi connectivity index (χ4n) is 2.04. The average molecular weight is 302 g/mol. The number of carbonyl (C=O) groups excluding carboxylic acids is 1. The Morgan fingerprint density at radius 3 is 2.77 bits per heavy atom. The zero-order chi connectivity index (χ0) is 16.1. The van der Waals surface area contributed by atoms with Gasteiger partial charge in [-0.1, -0.05) is 18.2 Å². The molecule has 4 nitrogen and oxygen atoms in total. The normalized spacial score (nSPS) is 11.8. The first kappa shape index (κ1) is 16.0. The summed E-state index contributed by atoms with van der Waals surface area (Å²) in [5.74, 6) is -0.653. The maximum absolute atomic E-state index is 13.2. The van der Waals surface area contributed by atoms with Gasteiger partial charge in [0.15, 0.2) is 0 Å². The van der Waals surface area contributed by atoms with E-state index in [0.29, 0.717) is 5.69 Å². The highest BCUT2D eigenvalue weighted by atomic mass is 19.1. The number of anilines is 2. The summed E-state index contributed by atoms with van der Waals surface area (Å²) in [4.78, 5) is 12.2. The Bertz CT molecular complexity index is 673. The van der Waals surface area contributed by atoms with Crippen molar-refractivity contribution in [1.29, 1.82) is 0 Å². The van der Waals surface area contributed by atoms with Gasteiger partial charge in [0.2, 0.25) is 5.91 Å². The molecule has 1 unspecified atom stereocenters. The van der Waals surface area contributed by atoms with E-state index in [-0.39, 0.29) is 12.5 Å². The molecule has 0 aromatic heterocycles. The standard InChI is InChI=1S/C17H19FN2O2/c1-11-6-7-14(18)9-16(11)20-17(22)12(2)19-15-5-3-4-13(8-15)10-21/h3-9,12,19,21H,10H2,1-2H3,(H,20,22). The molecule has 22 heavy (non-hydrogen) atoms. The van der Waals surface area contributed by atoms with Crippen LogP contribution in [0.4, 0.5) is 15.8 Å². The number of nitrogens with one attached hydrogen (secondary N) is 2. The molecule has 5 heteroatoms. The maximum atomic E-state index is 13.2. The number of rotatable bonds is 5. The third-order valence-electron chi connectivity index (χ3n) is 3.34. The molecule has 2 aromatic carbocycles. The summed E-state index contributed by atoms with van der Waals surface area (Å²) in [5.41, 5.74) is 2.76. The molecule has 1 atom stereocenters. The van der Waals surface area contributed by atoms with E-state index in [1.54, 1.807) is 38.1 Å². The quantitative estimate of drug-likeness (QED) is 0.795. The monoisotopic (exact) mass is 302 g/mol. The predicted octanol–water partition coefficient (Wildman–Crippen LogP) is 3.07. The van der Waals surface area contributed by atoms with Gasteiger partial charge in [-0.3, -0.25) is 4.79 Å². The number of carbonyl (C=O) groups is 1. The van der Waals surface area contributed by atoms with Gasteiger partial charge in [0, 0.05) is 11.4 Å². The minimum Gasteiger partial charge on any atom is -0.392 e. The first-order valence-corrected chi connectivity index (χ1v) is 7.03. The van der Waals surface area contributed by atoms with Gasteiger partial charge in [0.1, 0.15) is 11.9 Å². The van der Waals surface area contributed by atoms with Crippen LogP contribution in [-0.4, -0.2) is 17.1 Å². The fraction of sp³-hybridized carbons (Fsp3) is 0.235. The summed E-state index contributed by atoms with van der Waals surface area (Å²) in [5, 5.41) is 14.9. The highest BCUT2D eigenvalue weighted by molar-refractivity contribution is 5.96. The van der Waals surface area contributed by atoms with Crippen LogP contribution in [0.1, 0.15) is 18.1 Å². The van der Waals surface area contributed by atoms with E-state index in [1.165, 1.54) is 12.1 Å². The first-order valence-electron chi connectivity index (χ1n) is 7.03. The van der Waals surface area contributed by atoms with Crippen LogP contribution in [0.5, 0.6) is 0 Å². The maximum Gasteiger partial charge on any atom is 0.246 e. The van der Waals surface area contributed by atoms with Gasteiger partial charge in [-0.05, 0) is 49.2 Å². The van der Waals surface area contributed by atoms with Gasteiger partial charge in [-0.15, -0.1) is 0 Å². The summed E-state index contributed by atoms with van der Waals surface area (Å²) in [6, 6.07) is 11.0. The van der Waals surface area contributed by atoms with Crippen LogP contribution in [0.25, 0.3) is 0 Å². The van der Waals surface area contributed by atoms with Crippen LogP contribution >= 0.6 is 0 Å². The molecule has 0 saturated heterocycles. The molecule has 0 heterocycles. The summed E-state index contributed by atoms with van der Waals surface area (Å²) in [7, 11) is 0. The lowest BCUT2D eigenvalue weighted by Gasteiger charge is -2.16. The van der Waals surface area contributed by atoms with Crippen LogP contribution in [0.2, 0.25) is 0 Å². The molecule has 0 bridgehead atoms. The number of aryl methyl sites for hydroxylation is 1. The van der Waals surface area contributed by atoms with Crippen molar-refractivity contribution in [3.05, 3.63) is 59.4 Å². The van der Waals surface area contributed by atoms with E-state index in [0.717, 1.165) is 16.8 Å². The molecule has 1 amide bonds. The van der Waals surface area contributed by atoms with Crippen molar-refractivity contribution in [3.8, 4) is 0 Å². The largest absolute Gasteiger partial charge is 0.392 e. The zero-order valence-electron chi connectivity index (χ0n) is 12.6. The molecule has 2 aromatic rings. The molecule has 0 saturated carbocycles. The average Bonchev–Trinajstić information content (AvgIpc) is 2.51. The fourth-order valence-corrected chi connectivity index (χ4v) is 2.04. The molecular formula is C17H19FN2O2. The Kier molecular flexibility index (Phi) is 5.12. The molecule has 0 aliphatic heterocycles. The number of amides is 1. The van der Waals surface area contributed by atoms with E-state index in [1.807, 2.05) is 6.07 Å². The Labute approximate surface area is 129 Å². The van der Waals surface area contributed by atoms with Crippen molar-refractivity contribution in [1.82, 2.24) is 0 Å². The van der Waals surface area contributed by atoms with E-state index in [9.17, 15) is 9.18 Å². The zero-order valence-corrected chi connectivity index (χ0v) is 12.6. The molecule has 0 radical (unpaired) electrons. The molecule has 116 valence electrons. The van der Waals surface area contributed by atoms with E-state index >= 15 is 0 Å². The number of hydrogen-bond donors (Lipinski definition) is 3. The SMILES string of the molecule is Cc1ccc(F)cc1NC(=O)C(C)Nc1cccc(CO)c1. The van der Waals surface area contributed by atoms with Crippen molar-refractivity contribution in [2.24, 2.45) is 0 Å². The van der Waals surface area contributed by atoms with Gasteiger partial charge >= 0.3 is 0 Å². The van der Waals surface area contributed by atoms with Crippen molar-refractivity contribution in [2.45, 2.75) is 26.5 Å². The van der Waals surface area contributed by atoms with Crippen molar-refractivity contribution in [3.63, 3.8) is 0 Å². The van der Waals surface area contributed by atoms with Gasteiger partial charge in [0.25, 0.3) is 0 Å². The number of hydrogen-bond acceptors (Lipinski definition) is 3. The second-order valence-electron chi connectivity index (χ2n) is 5.17. The van der Waals surface area contributed by atoms with Crippen LogP contribution < -0.4 is 10.6 Å². The Morgan fingerprint density at radius 2 is 2.05 bits per heavy atom. The Balaban J connectivity index is 2.04. The Morgan fingerprint density at radius 1 is 1.27 bits per heavy atom. The van der Waals surface area contributed by atoms with Crippen LogP contribution in [0.3, 0.4) is 0 Å². The van der Waals surface area contributed by atoms with Crippen LogP contribution in [0, 0.1) is 12.7 Å². The van der Waals surface area contributed by atoms with Crippen molar-refractivity contribution in [2.75, 3.05) is 10.6 Å². The minimum atomic E-state index is -0.503. The van der Waals surface area contributed by atoms with Crippen LogP contribution in [0.15, 0.2) is 42.5 Å². The molecule has 2 rings (SSSR count). The third kappa shape index (κ3) is 4.05. The lowest BCUT2D eigenvalue weighted by atomic mass is 10.1. The van der Waals surface area contributed by atoms with Gasteiger partial charge in [0.05, 0.1) is 6.61 Å². The van der Waals surface area contributed by atoms with Crippen molar-refractivity contribution >= 4 is 17.3 Å². The molecule has 0 aliphatic carbocycles. The van der Waals surface area contributed by atoms with E-state index < -0.39 is 11.9 Å². The van der Waals surface area contributed by atoms with E-state index in [2.05, 4.69) is 10.6 Å².